The van der Waals surface area contributed by atoms with Crippen LogP contribution in [0.25, 0.3) is 0 Å². The van der Waals surface area contributed by atoms with Crippen LogP contribution in [-0.2, 0) is 14.3 Å². The smallest absolute Gasteiger partial charge is 0.327 e. The van der Waals surface area contributed by atoms with E-state index in [0.717, 1.165) is 64.4 Å². The molecule has 2 aliphatic carbocycles. The SMILES string of the molecule is C[C@@H]1C[C@H](O)[C@H](CCCC/C=C/C(=O)O)[C@H]1/C=C/[C@@H](OC1CCCCO1)[C@@H](C)CC#CC1CC1. The number of aliphatic carboxylic acids is 1. The molecule has 2 saturated carbocycles. The first-order valence-corrected chi connectivity index (χ1v) is 13.4. The maximum absolute atomic E-state index is 10.7. The van der Waals surface area contributed by atoms with E-state index >= 15 is 0 Å². The van der Waals surface area contributed by atoms with Crippen LogP contribution in [0.2, 0.25) is 0 Å². The predicted molar refractivity (Wildman–Crippen MR) is 134 cm³/mol. The lowest BCUT2D eigenvalue weighted by atomic mass is 9.85. The largest absolute Gasteiger partial charge is 0.478 e. The maximum Gasteiger partial charge on any atom is 0.327 e. The van der Waals surface area contributed by atoms with Crippen molar-refractivity contribution in [3.63, 3.8) is 0 Å². The van der Waals surface area contributed by atoms with Crippen molar-refractivity contribution in [2.75, 3.05) is 6.61 Å². The molecule has 0 aromatic heterocycles. The average molecular weight is 473 g/mol. The van der Waals surface area contributed by atoms with Gasteiger partial charge in [0.15, 0.2) is 6.29 Å². The second kappa shape index (κ2) is 14.1. The first-order valence-electron chi connectivity index (χ1n) is 13.4. The third-order valence-corrected chi connectivity index (χ3v) is 7.52. The highest BCUT2D eigenvalue weighted by Gasteiger charge is 2.38. The molecule has 5 nitrogen and oxygen atoms in total. The van der Waals surface area contributed by atoms with Gasteiger partial charge < -0.3 is 19.7 Å². The van der Waals surface area contributed by atoms with Gasteiger partial charge in [-0.05, 0) is 81.5 Å². The lowest BCUT2D eigenvalue weighted by Crippen LogP contribution is -2.30. The molecule has 0 radical (unpaired) electrons. The van der Waals surface area contributed by atoms with E-state index in [9.17, 15) is 9.90 Å². The van der Waals surface area contributed by atoms with Crippen LogP contribution in [0.4, 0.5) is 0 Å². The Labute approximate surface area is 206 Å². The van der Waals surface area contributed by atoms with E-state index in [4.69, 9.17) is 14.6 Å². The monoisotopic (exact) mass is 472 g/mol. The Morgan fingerprint density at radius 3 is 2.76 bits per heavy atom. The fourth-order valence-corrected chi connectivity index (χ4v) is 5.24. The van der Waals surface area contributed by atoms with Crippen molar-refractivity contribution in [3.8, 4) is 11.8 Å². The molecular formula is C29H44O5. The van der Waals surface area contributed by atoms with Gasteiger partial charge >= 0.3 is 5.97 Å². The number of unbranched alkanes of at least 4 members (excludes halogenated alkanes) is 2. The molecule has 7 atom stereocenters. The van der Waals surface area contributed by atoms with Crippen LogP contribution in [-0.4, -0.2) is 41.3 Å². The van der Waals surface area contributed by atoms with Gasteiger partial charge in [-0.25, -0.2) is 4.79 Å². The number of carbonyl (C=O) groups is 1. The van der Waals surface area contributed by atoms with Crippen LogP contribution in [0.1, 0.15) is 84.5 Å². The number of carboxylic acids is 1. The predicted octanol–water partition coefficient (Wildman–Crippen LogP) is 5.73. The molecule has 0 aromatic carbocycles. The highest BCUT2D eigenvalue weighted by Crippen LogP contribution is 2.41. The van der Waals surface area contributed by atoms with Crippen LogP contribution in [0.5, 0.6) is 0 Å². The van der Waals surface area contributed by atoms with Gasteiger partial charge in [-0.15, -0.1) is 5.92 Å². The fourth-order valence-electron chi connectivity index (χ4n) is 5.24. The lowest BCUT2D eigenvalue weighted by Gasteiger charge is -2.29. The Bertz CT molecular complexity index is 737. The van der Waals surface area contributed by atoms with Crippen molar-refractivity contribution < 1.29 is 24.5 Å². The number of carboxylic acid groups (broad SMARTS) is 1. The fraction of sp³-hybridized carbons (Fsp3) is 0.759. The molecule has 0 spiro atoms. The number of aliphatic hydroxyl groups excluding tert-OH is 1. The molecule has 190 valence electrons. The van der Waals surface area contributed by atoms with Gasteiger partial charge in [-0.3, -0.25) is 0 Å². The van der Waals surface area contributed by atoms with Crippen molar-refractivity contribution in [2.45, 2.75) is 103 Å². The highest BCUT2D eigenvalue weighted by atomic mass is 16.7. The molecule has 0 bridgehead atoms. The Morgan fingerprint density at radius 1 is 1.24 bits per heavy atom. The molecule has 5 heteroatoms. The van der Waals surface area contributed by atoms with Crippen molar-refractivity contribution in [1.29, 1.82) is 0 Å². The summed E-state index contributed by atoms with van der Waals surface area (Å²) in [6.07, 6.45) is 18.0. The minimum absolute atomic E-state index is 0.0386. The third-order valence-electron chi connectivity index (χ3n) is 7.52. The van der Waals surface area contributed by atoms with Gasteiger partial charge in [0.25, 0.3) is 0 Å². The summed E-state index contributed by atoms with van der Waals surface area (Å²) in [4.78, 5) is 10.6. The molecule has 3 rings (SSSR count). The van der Waals surface area contributed by atoms with Gasteiger partial charge in [0.2, 0.25) is 0 Å². The molecule has 0 amide bonds. The summed E-state index contributed by atoms with van der Waals surface area (Å²) in [5.74, 6) is 7.76. The summed E-state index contributed by atoms with van der Waals surface area (Å²) in [6, 6.07) is 0. The van der Waals surface area contributed by atoms with Gasteiger partial charge in [0.1, 0.15) is 0 Å². The Hall–Kier alpha value is -1.61. The van der Waals surface area contributed by atoms with Crippen LogP contribution in [0.15, 0.2) is 24.3 Å². The molecule has 0 aromatic rings. The van der Waals surface area contributed by atoms with Crippen molar-refractivity contribution in [3.05, 3.63) is 24.3 Å². The standard InChI is InChI=1S/C29H44O5/c1-21(10-9-11-23-15-16-23)27(34-29-14-7-8-19-33-29)18-17-24-22(2)20-26(30)25(24)12-5-3-4-6-13-28(31)32/h6,13,17-18,21-27,29-30H,3-5,7-8,10,12,14-16,19-20H2,1-2H3,(H,31,32)/b13-6+,18-17+/t21-,22+,24-,25+,26-,27+,29?/m0/s1. The zero-order valence-electron chi connectivity index (χ0n) is 21.0. The number of hydrogen-bond acceptors (Lipinski definition) is 4. The third kappa shape index (κ3) is 9.21. The molecule has 2 N–H and O–H groups in total. The Balaban J connectivity index is 1.58. The number of aliphatic hydroxyl groups is 1. The minimum atomic E-state index is -0.895. The second-order valence-electron chi connectivity index (χ2n) is 10.6. The van der Waals surface area contributed by atoms with Gasteiger partial charge in [-0.1, -0.05) is 44.4 Å². The van der Waals surface area contributed by atoms with E-state index in [1.165, 1.54) is 18.9 Å². The van der Waals surface area contributed by atoms with Crippen LogP contribution >= 0.6 is 0 Å². The number of hydrogen-bond donors (Lipinski definition) is 2. The second-order valence-corrected chi connectivity index (χ2v) is 10.6. The zero-order valence-corrected chi connectivity index (χ0v) is 21.0. The quantitative estimate of drug-likeness (QED) is 0.164. The van der Waals surface area contributed by atoms with Gasteiger partial charge in [0.05, 0.1) is 12.2 Å². The first kappa shape index (κ1) is 27.0. The van der Waals surface area contributed by atoms with Crippen LogP contribution in [0.3, 0.4) is 0 Å². The summed E-state index contributed by atoms with van der Waals surface area (Å²) in [5.41, 5.74) is 0. The molecular weight excluding hydrogens is 428 g/mol. The van der Waals surface area contributed by atoms with E-state index in [0.29, 0.717) is 17.8 Å². The van der Waals surface area contributed by atoms with E-state index in [1.807, 2.05) is 0 Å². The van der Waals surface area contributed by atoms with E-state index in [1.54, 1.807) is 6.08 Å². The maximum atomic E-state index is 10.7. The lowest BCUT2D eigenvalue weighted by molar-refractivity contribution is -0.186. The van der Waals surface area contributed by atoms with Crippen molar-refractivity contribution in [1.82, 2.24) is 0 Å². The molecule has 1 heterocycles. The normalized spacial score (nSPS) is 31.4. The zero-order chi connectivity index (χ0) is 24.3. The van der Waals surface area contributed by atoms with Gasteiger partial charge in [-0.2, -0.15) is 0 Å². The average Bonchev–Trinajstić information content (AvgIpc) is 3.59. The van der Waals surface area contributed by atoms with Crippen molar-refractivity contribution >= 4 is 5.97 Å². The summed E-state index contributed by atoms with van der Waals surface area (Å²) in [6.45, 7) is 5.22. The summed E-state index contributed by atoms with van der Waals surface area (Å²) in [7, 11) is 0. The number of ether oxygens (including phenoxy) is 2. The Kier molecular flexibility index (Phi) is 11.2. The summed E-state index contributed by atoms with van der Waals surface area (Å²) in [5, 5.41) is 19.4. The molecule has 1 saturated heterocycles. The number of allylic oxidation sites excluding steroid dienone is 2. The van der Waals surface area contributed by atoms with Crippen LogP contribution < -0.4 is 0 Å². The molecule has 34 heavy (non-hydrogen) atoms. The topological polar surface area (TPSA) is 76.0 Å². The van der Waals surface area contributed by atoms with Crippen molar-refractivity contribution in [2.24, 2.45) is 29.6 Å². The van der Waals surface area contributed by atoms with E-state index < -0.39 is 5.97 Å². The highest BCUT2D eigenvalue weighted by molar-refractivity contribution is 5.79. The Morgan fingerprint density at radius 2 is 2.06 bits per heavy atom. The minimum Gasteiger partial charge on any atom is -0.478 e. The molecule has 1 unspecified atom stereocenters. The number of rotatable bonds is 12. The van der Waals surface area contributed by atoms with E-state index in [2.05, 4.69) is 37.8 Å². The molecule has 3 aliphatic rings. The summed E-state index contributed by atoms with van der Waals surface area (Å²) >= 11 is 0. The van der Waals surface area contributed by atoms with Crippen LogP contribution in [0, 0.1) is 41.4 Å². The molecule has 3 fully saturated rings. The van der Waals surface area contributed by atoms with E-state index in [-0.39, 0.29) is 30.3 Å². The first-order chi connectivity index (χ1) is 16.4. The van der Waals surface area contributed by atoms with Gasteiger partial charge in [0, 0.05) is 25.0 Å². The molecule has 1 aliphatic heterocycles. The summed E-state index contributed by atoms with van der Waals surface area (Å²) < 4.78 is 12.3.